The Bertz CT molecular complexity index is 457. The van der Waals surface area contributed by atoms with E-state index in [1.807, 2.05) is 18.2 Å². The van der Waals surface area contributed by atoms with Crippen molar-refractivity contribution in [3.05, 3.63) is 29.8 Å². The molecular weight excluding hydrogens is 262 g/mol. The van der Waals surface area contributed by atoms with Gasteiger partial charge in [0.1, 0.15) is 0 Å². The van der Waals surface area contributed by atoms with Crippen LogP contribution >= 0.6 is 0 Å². The maximum absolute atomic E-state index is 11.8. The minimum absolute atomic E-state index is 0.112. The Morgan fingerprint density at radius 3 is 2.90 bits per heavy atom. The van der Waals surface area contributed by atoms with Crippen LogP contribution in [0.4, 0.5) is 10.5 Å². The van der Waals surface area contributed by atoms with Crippen LogP contribution < -0.4 is 16.0 Å². The van der Waals surface area contributed by atoms with Crippen molar-refractivity contribution in [1.82, 2.24) is 10.6 Å². The summed E-state index contributed by atoms with van der Waals surface area (Å²) < 4.78 is 0. The second-order valence-corrected chi connectivity index (χ2v) is 5.87. The smallest absolute Gasteiger partial charge is 0.319 e. The number of carbonyl (C=O) groups is 1. The lowest BCUT2D eigenvalue weighted by Crippen LogP contribution is -2.29. The number of nitrogens with one attached hydrogen (secondary N) is 3. The number of benzene rings is 1. The average molecular weight is 289 g/mol. The first kappa shape index (κ1) is 15.8. The molecule has 116 valence electrons. The monoisotopic (exact) mass is 289 g/mol. The molecule has 0 aliphatic heterocycles. The number of urea groups is 1. The van der Waals surface area contributed by atoms with E-state index >= 15 is 0 Å². The number of rotatable bonds is 8. The Kier molecular flexibility index (Phi) is 6.05. The second-order valence-electron chi connectivity index (χ2n) is 5.87. The molecule has 0 heterocycles. The Balaban J connectivity index is 1.75. The van der Waals surface area contributed by atoms with E-state index in [4.69, 9.17) is 0 Å². The second kappa shape index (κ2) is 8.03. The fourth-order valence-corrected chi connectivity index (χ4v) is 2.48. The number of carbonyl (C=O) groups excluding carboxylic acids is 1. The molecule has 21 heavy (non-hydrogen) atoms. The van der Waals surface area contributed by atoms with Crippen LogP contribution in [0.2, 0.25) is 0 Å². The zero-order valence-corrected chi connectivity index (χ0v) is 13.1. The molecule has 1 aliphatic carbocycles. The number of hydrogen-bond acceptors (Lipinski definition) is 2. The molecule has 3 N–H and O–H groups in total. The summed E-state index contributed by atoms with van der Waals surface area (Å²) in [6.07, 6.45) is 5.08. The lowest BCUT2D eigenvalue weighted by Gasteiger charge is -2.14. The van der Waals surface area contributed by atoms with Gasteiger partial charge in [-0.25, -0.2) is 4.79 Å². The molecule has 1 aromatic rings. The normalized spacial score (nSPS) is 15.5. The van der Waals surface area contributed by atoms with Gasteiger partial charge in [0.05, 0.1) is 0 Å². The largest absolute Gasteiger partial charge is 0.338 e. The zero-order chi connectivity index (χ0) is 15.1. The van der Waals surface area contributed by atoms with E-state index in [0.717, 1.165) is 31.1 Å². The van der Waals surface area contributed by atoms with E-state index in [9.17, 15) is 4.79 Å². The minimum Gasteiger partial charge on any atom is -0.338 e. The number of hydrogen-bond donors (Lipinski definition) is 3. The van der Waals surface area contributed by atoms with Crippen LogP contribution in [0.25, 0.3) is 0 Å². The first-order chi connectivity index (χ1) is 10.2. The van der Waals surface area contributed by atoms with Gasteiger partial charge in [0, 0.05) is 18.3 Å². The summed E-state index contributed by atoms with van der Waals surface area (Å²) in [5.41, 5.74) is 2.03. The molecule has 1 atom stereocenters. The fourth-order valence-electron chi connectivity index (χ4n) is 2.48. The van der Waals surface area contributed by atoms with E-state index in [0.29, 0.717) is 6.04 Å². The molecular formula is C17H27N3O. The topological polar surface area (TPSA) is 53.2 Å². The van der Waals surface area contributed by atoms with Crippen LogP contribution in [-0.4, -0.2) is 19.1 Å². The minimum atomic E-state index is -0.112. The molecule has 1 aliphatic rings. The van der Waals surface area contributed by atoms with Crippen LogP contribution in [0.5, 0.6) is 0 Å². The van der Waals surface area contributed by atoms with Crippen molar-refractivity contribution in [3.63, 3.8) is 0 Å². The van der Waals surface area contributed by atoms with Crippen molar-refractivity contribution in [2.24, 2.45) is 5.92 Å². The van der Waals surface area contributed by atoms with E-state index in [2.05, 4.69) is 35.9 Å². The van der Waals surface area contributed by atoms with Crippen LogP contribution in [0, 0.1) is 5.92 Å². The molecule has 4 nitrogen and oxygen atoms in total. The molecule has 1 fully saturated rings. The maximum atomic E-state index is 11.8. The van der Waals surface area contributed by atoms with E-state index in [1.165, 1.54) is 24.8 Å². The lowest BCUT2D eigenvalue weighted by molar-refractivity contribution is 0.252. The highest BCUT2D eigenvalue weighted by Crippen LogP contribution is 2.33. The molecule has 0 bridgehead atoms. The lowest BCUT2D eigenvalue weighted by atomic mass is 10.1. The highest BCUT2D eigenvalue weighted by molar-refractivity contribution is 5.89. The summed E-state index contributed by atoms with van der Waals surface area (Å²) in [7, 11) is 0. The Labute approximate surface area is 127 Å². The van der Waals surface area contributed by atoms with Gasteiger partial charge >= 0.3 is 6.03 Å². The van der Waals surface area contributed by atoms with Gasteiger partial charge in [0.25, 0.3) is 0 Å². The van der Waals surface area contributed by atoms with Gasteiger partial charge in [-0.1, -0.05) is 31.9 Å². The summed E-state index contributed by atoms with van der Waals surface area (Å²) in [4.78, 5) is 11.8. The van der Waals surface area contributed by atoms with E-state index < -0.39 is 0 Å². The van der Waals surface area contributed by atoms with E-state index in [-0.39, 0.29) is 6.03 Å². The quantitative estimate of drug-likeness (QED) is 0.640. The summed E-state index contributed by atoms with van der Waals surface area (Å²) in [5, 5.41) is 9.20. The molecule has 2 amide bonds. The van der Waals surface area contributed by atoms with Crippen molar-refractivity contribution in [2.45, 2.75) is 45.6 Å². The Morgan fingerprint density at radius 2 is 2.19 bits per heavy atom. The highest BCUT2D eigenvalue weighted by atomic mass is 16.2. The van der Waals surface area contributed by atoms with Gasteiger partial charge in [-0.15, -0.1) is 0 Å². The van der Waals surface area contributed by atoms with Crippen LogP contribution in [0.15, 0.2) is 24.3 Å². The van der Waals surface area contributed by atoms with Crippen molar-refractivity contribution in [2.75, 3.05) is 18.4 Å². The van der Waals surface area contributed by atoms with Crippen LogP contribution in [-0.2, 0) is 0 Å². The third kappa shape index (κ3) is 5.76. The Morgan fingerprint density at radius 1 is 1.38 bits per heavy atom. The predicted molar refractivity (Wildman–Crippen MR) is 87.5 cm³/mol. The molecule has 1 aromatic carbocycles. The van der Waals surface area contributed by atoms with Gasteiger partial charge in [-0.2, -0.15) is 0 Å². The summed E-state index contributed by atoms with van der Waals surface area (Å²) >= 11 is 0. The average Bonchev–Trinajstić information content (AvgIpc) is 3.28. The first-order valence-electron chi connectivity index (χ1n) is 8.07. The van der Waals surface area contributed by atoms with Crippen LogP contribution in [0.3, 0.4) is 0 Å². The van der Waals surface area contributed by atoms with Gasteiger partial charge in [0.15, 0.2) is 0 Å². The van der Waals surface area contributed by atoms with Crippen LogP contribution in [0.1, 0.15) is 51.1 Å². The molecule has 1 unspecified atom stereocenters. The van der Waals surface area contributed by atoms with Crippen molar-refractivity contribution in [1.29, 1.82) is 0 Å². The molecule has 0 radical (unpaired) electrons. The molecule has 0 aromatic heterocycles. The SMILES string of the molecule is CCNC(C)c1cccc(NC(=O)NCCCC2CC2)c1. The predicted octanol–water partition coefficient (Wildman–Crippen LogP) is 3.67. The van der Waals surface area contributed by atoms with Gasteiger partial charge in [-0.3, -0.25) is 0 Å². The highest BCUT2D eigenvalue weighted by Gasteiger charge is 2.20. The van der Waals surface area contributed by atoms with Crippen molar-refractivity contribution < 1.29 is 4.79 Å². The molecule has 0 spiro atoms. The maximum Gasteiger partial charge on any atom is 0.319 e. The third-order valence-electron chi connectivity index (χ3n) is 3.93. The zero-order valence-electron chi connectivity index (χ0n) is 13.1. The molecule has 4 heteroatoms. The summed E-state index contributed by atoms with van der Waals surface area (Å²) in [5.74, 6) is 0.930. The molecule has 1 saturated carbocycles. The number of amides is 2. The summed E-state index contributed by atoms with van der Waals surface area (Å²) in [6, 6.07) is 8.18. The van der Waals surface area contributed by atoms with Gasteiger partial charge in [-0.05, 0) is 49.9 Å². The standard InChI is InChI=1S/C17H27N3O/c1-3-18-13(2)15-7-4-8-16(12-15)20-17(21)19-11-5-6-14-9-10-14/h4,7-8,12-14,18H,3,5-6,9-11H2,1-2H3,(H2,19,20,21). The van der Waals surface area contributed by atoms with Gasteiger partial charge in [0.2, 0.25) is 0 Å². The molecule has 2 rings (SSSR count). The molecule has 0 saturated heterocycles. The first-order valence-corrected chi connectivity index (χ1v) is 8.07. The number of anilines is 1. The Hall–Kier alpha value is -1.55. The third-order valence-corrected chi connectivity index (χ3v) is 3.93. The summed E-state index contributed by atoms with van der Waals surface area (Å²) in [6.45, 7) is 5.91. The van der Waals surface area contributed by atoms with Crippen molar-refractivity contribution >= 4 is 11.7 Å². The van der Waals surface area contributed by atoms with E-state index in [1.54, 1.807) is 0 Å². The van der Waals surface area contributed by atoms with Crippen molar-refractivity contribution in [3.8, 4) is 0 Å². The fraction of sp³-hybridized carbons (Fsp3) is 0.588. The van der Waals surface area contributed by atoms with Gasteiger partial charge < -0.3 is 16.0 Å².